The number of fused-ring (bicyclic) bond motifs is 1. The molecular formula is C23H29N3O2S. The largest absolute Gasteiger partial charge is 0.486 e. The number of thiocarbonyl (C=S) groups is 1. The Kier molecular flexibility index (Phi) is 6.09. The highest BCUT2D eigenvalue weighted by atomic mass is 32.1. The number of piperidine rings is 1. The lowest BCUT2D eigenvalue weighted by Gasteiger charge is -2.32. The molecule has 0 unspecified atom stereocenters. The first kappa shape index (κ1) is 19.8. The van der Waals surface area contributed by atoms with Crippen molar-refractivity contribution in [1.29, 1.82) is 0 Å². The van der Waals surface area contributed by atoms with Crippen molar-refractivity contribution in [3.05, 3.63) is 48.0 Å². The van der Waals surface area contributed by atoms with Crippen LogP contribution < -0.4 is 25.0 Å². The van der Waals surface area contributed by atoms with E-state index in [9.17, 15) is 0 Å². The first-order valence-electron chi connectivity index (χ1n) is 10.4. The Morgan fingerprint density at radius 2 is 1.72 bits per heavy atom. The van der Waals surface area contributed by atoms with Crippen molar-refractivity contribution in [2.45, 2.75) is 32.7 Å². The van der Waals surface area contributed by atoms with Crippen molar-refractivity contribution in [1.82, 2.24) is 5.32 Å². The van der Waals surface area contributed by atoms with Crippen molar-refractivity contribution in [3.63, 3.8) is 0 Å². The van der Waals surface area contributed by atoms with E-state index in [2.05, 4.69) is 53.6 Å². The van der Waals surface area contributed by atoms with Gasteiger partial charge in [-0.15, -0.1) is 0 Å². The van der Waals surface area contributed by atoms with Gasteiger partial charge in [0.25, 0.3) is 0 Å². The molecule has 1 saturated heterocycles. The molecule has 2 heterocycles. The monoisotopic (exact) mass is 411 g/mol. The number of anilines is 2. The van der Waals surface area contributed by atoms with Crippen LogP contribution in [0.3, 0.4) is 0 Å². The lowest BCUT2D eigenvalue weighted by Crippen LogP contribution is -2.33. The van der Waals surface area contributed by atoms with E-state index in [4.69, 9.17) is 21.7 Å². The molecule has 154 valence electrons. The molecule has 29 heavy (non-hydrogen) atoms. The van der Waals surface area contributed by atoms with E-state index in [1.807, 2.05) is 18.2 Å². The summed E-state index contributed by atoms with van der Waals surface area (Å²) in [5.74, 6) is 2.37. The van der Waals surface area contributed by atoms with Crippen molar-refractivity contribution in [3.8, 4) is 11.5 Å². The zero-order valence-electron chi connectivity index (χ0n) is 17.1. The fraction of sp³-hybridized carbons (Fsp3) is 0.435. The van der Waals surface area contributed by atoms with Crippen LogP contribution in [0.4, 0.5) is 11.4 Å². The summed E-state index contributed by atoms with van der Waals surface area (Å²) in [7, 11) is 0. The Balaban J connectivity index is 1.32. The molecule has 1 atom stereocenters. The van der Waals surface area contributed by atoms with Crippen molar-refractivity contribution < 1.29 is 9.47 Å². The third-order valence-corrected chi connectivity index (χ3v) is 5.91. The molecule has 0 spiro atoms. The Morgan fingerprint density at radius 3 is 2.45 bits per heavy atom. The van der Waals surface area contributed by atoms with Gasteiger partial charge in [-0.2, -0.15) is 0 Å². The predicted molar refractivity (Wildman–Crippen MR) is 122 cm³/mol. The molecule has 2 aromatic carbocycles. The Labute approximate surface area is 178 Å². The molecule has 0 bridgehead atoms. The number of nitrogens with zero attached hydrogens (tertiary/aromatic N) is 1. The van der Waals surface area contributed by atoms with Gasteiger partial charge in [-0.1, -0.05) is 19.1 Å². The van der Waals surface area contributed by atoms with Crippen LogP contribution in [0.5, 0.6) is 11.5 Å². The molecule has 4 rings (SSSR count). The Hall–Kier alpha value is -2.47. The minimum Gasteiger partial charge on any atom is -0.486 e. The summed E-state index contributed by atoms with van der Waals surface area (Å²) in [6.45, 7) is 7.93. The van der Waals surface area contributed by atoms with Crippen molar-refractivity contribution in [2.75, 3.05) is 36.5 Å². The maximum absolute atomic E-state index is 5.63. The van der Waals surface area contributed by atoms with Crippen LogP contribution in [-0.2, 0) is 0 Å². The quantitative estimate of drug-likeness (QED) is 0.709. The van der Waals surface area contributed by atoms with E-state index in [0.29, 0.717) is 18.3 Å². The van der Waals surface area contributed by atoms with E-state index >= 15 is 0 Å². The lowest BCUT2D eigenvalue weighted by molar-refractivity contribution is 0.171. The molecular weight excluding hydrogens is 382 g/mol. The second kappa shape index (κ2) is 8.91. The number of rotatable bonds is 4. The van der Waals surface area contributed by atoms with Crippen molar-refractivity contribution >= 4 is 28.7 Å². The van der Waals surface area contributed by atoms with Gasteiger partial charge in [-0.25, -0.2) is 0 Å². The molecule has 2 aliphatic heterocycles. The van der Waals surface area contributed by atoms with Gasteiger partial charge in [0.2, 0.25) is 0 Å². The maximum Gasteiger partial charge on any atom is 0.171 e. The van der Waals surface area contributed by atoms with Crippen LogP contribution in [0.15, 0.2) is 42.5 Å². The molecule has 2 aromatic rings. The van der Waals surface area contributed by atoms with Gasteiger partial charge in [0, 0.05) is 30.5 Å². The van der Waals surface area contributed by atoms with E-state index in [1.165, 1.54) is 24.1 Å². The van der Waals surface area contributed by atoms with Gasteiger partial charge in [0.15, 0.2) is 16.6 Å². The highest BCUT2D eigenvalue weighted by molar-refractivity contribution is 7.80. The molecule has 2 N–H and O–H groups in total. The van der Waals surface area contributed by atoms with E-state index in [1.54, 1.807) is 0 Å². The molecule has 2 aliphatic rings. The molecule has 0 aliphatic carbocycles. The lowest BCUT2D eigenvalue weighted by atomic mass is 9.98. The van der Waals surface area contributed by atoms with E-state index in [0.717, 1.165) is 36.2 Å². The Morgan fingerprint density at radius 1 is 1.03 bits per heavy atom. The van der Waals surface area contributed by atoms with Gasteiger partial charge >= 0.3 is 0 Å². The first-order valence-corrected chi connectivity index (χ1v) is 10.8. The molecule has 6 heteroatoms. The smallest absolute Gasteiger partial charge is 0.171 e. The second-order valence-electron chi connectivity index (χ2n) is 7.94. The second-order valence-corrected chi connectivity index (χ2v) is 8.35. The summed E-state index contributed by atoms with van der Waals surface area (Å²) in [4.78, 5) is 2.48. The van der Waals surface area contributed by atoms with Gasteiger partial charge < -0.3 is 25.0 Å². The highest BCUT2D eigenvalue weighted by Gasteiger charge is 2.17. The van der Waals surface area contributed by atoms with Crippen LogP contribution in [0.25, 0.3) is 0 Å². The summed E-state index contributed by atoms with van der Waals surface area (Å²) in [6, 6.07) is 14.7. The van der Waals surface area contributed by atoms with Gasteiger partial charge in [0.05, 0.1) is 6.04 Å². The topological polar surface area (TPSA) is 45.8 Å². The predicted octanol–water partition coefficient (Wildman–Crippen LogP) is 4.74. The van der Waals surface area contributed by atoms with Gasteiger partial charge in [-0.3, -0.25) is 0 Å². The molecule has 1 fully saturated rings. The third-order valence-electron chi connectivity index (χ3n) is 5.69. The molecule has 0 aromatic heterocycles. The average Bonchev–Trinajstić information content (AvgIpc) is 2.74. The molecule has 0 radical (unpaired) electrons. The average molecular weight is 412 g/mol. The van der Waals surface area contributed by atoms with Crippen LogP contribution >= 0.6 is 12.2 Å². The zero-order valence-corrected chi connectivity index (χ0v) is 17.9. The maximum atomic E-state index is 5.63. The van der Waals surface area contributed by atoms with E-state index < -0.39 is 0 Å². The van der Waals surface area contributed by atoms with Crippen LogP contribution in [0, 0.1) is 5.92 Å². The SMILES string of the molecule is CC1CCN(c2ccc([C@@H](C)NC(=S)Nc3ccc4c(c3)OCCO4)cc2)CC1. The van der Waals surface area contributed by atoms with E-state index in [-0.39, 0.29) is 6.04 Å². The third kappa shape index (κ3) is 4.93. The standard InChI is InChI=1S/C23H29N3O2S/c1-16-9-11-26(12-10-16)20-6-3-18(4-7-20)17(2)24-23(29)25-19-5-8-21-22(15-19)28-14-13-27-21/h3-8,15-17H,9-14H2,1-2H3,(H2,24,25,29)/t17-/m1/s1. The first-order chi connectivity index (χ1) is 14.1. The van der Waals surface area contributed by atoms with Gasteiger partial charge in [-0.05, 0) is 67.7 Å². The number of hydrogen-bond donors (Lipinski definition) is 2. The van der Waals surface area contributed by atoms with Crippen LogP contribution in [-0.4, -0.2) is 31.4 Å². The fourth-order valence-corrected chi connectivity index (χ4v) is 4.10. The number of benzene rings is 2. The van der Waals surface area contributed by atoms with Crippen LogP contribution in [0.2, 0.25) is 0 Å². The normalized spacial score (nSPS) is 17.5. The minimum absolute atomic E-state index is 0.114. The minimum atomic E-state index is 0.114. The number of hydrogen-bond acceptors (Lipinski definition) is 4. The zero-order chi connectivity index (χ0) is 20.2. The molecule has 0 saturated carbocycles. The summed E-state index contributed by atoms with van der Waals surface area (Å²) >= 11 is 5.50. The molecule has 5 nitrogen and oxygen atoms in total. The highest BCUT2D eigenvalue weighted by Crippen LogP contribution is 2.32. The van der Waals surface area contributed by atoms with Gasteiger partial charge in [0.1, 0.15) is 13.2 Å². The summed E-state index contributed by atoms with van der Waals surface area (Å²) < 4.78 is 11.2. The van der Waals surface area contributed by atoms with Crippen molar-refractivity contribution in [2.24, 2.45) is 5.92 Å². The number of ether oxygens (including phenoxy) is 2. The summed E-state index contributed by atoms with van der Waals surface area (Å²) in [6.07, 6.45) is 2.55. The molecule has 0 amide bonds. The van der Waals surface area contributed by atoms with Crippen LogP contribution in [0.1, 0.15) is 38.3 Å². The summed E-state index contributed by atoms with van der Waals surface area (Å²) in [5, 5.41) is 7.19. The number of nitrogens with one attached hydrogen (secondary N) is 2. The summed E-state index contributed by atoms with van der Waals surface area (Å²) in [5.41, 5.74) is 3.41. The Bertz CT molecular complexity index is 848. The fourth-order valence-electron chi connectivity index (χ4n) is 3.81.